The first-order valence-electron chi connectivity index (χ1n) is 4.72. The lowest BCUT2D eigenvalue weighted by molar-refractivity contribution is 0.450. The van der Waals surface area contributed by atoms with E-state index in [1.807, 2.05) is 0 Å². The number of hydrogen-bond donors (Lipinski definition) is 2. The minimum atomic E-state index is -0.541. The lowest BCUT2D eigenvalue weighted by Crippen LogP contribution is -1.61. The van der Waals surface area contributed by atoms with E-state index in [1.165, 1.54) is 0 Å². The molecule has 0 aliphatic heterocycles. The van der Waals surface area contributed by atoms with Gasteiger partial charge in [0.05, 0.1) is 5.48 Å². The van der Waals surface area contributed by atoms with E-state index in [0.717, 1.165) is 0 Å². The monoisotopic (exact) mass is 116 g/mol. The largest absolute Gasteiger partial charge is 0.508 e. The molecular formula is C6H6O2. The van der Waals surface area contributed by atoms with Crippen LogP contribution in [0, 0.1) is 0 Å². The van der Waals surface area contributed by atoms with Crippen molar-refractivity contribution in [3.05, 3.63) is 24.2 Å². The third-order valence-electron chi connectivity index (χ3n) is 0.579. The minimum absolute atomic E-state index is 0.492. The van der Waals surface area contributed by atoms with Crippen LogP contribution in [-0.4, -0.2) is 13.1 Å². The summed E-state index contributed by atoms with van der Waals surface area (Å²) in [5.41, 5.74) is 0. The van der Waals surface area contributed by atoms with Gasteiger partial charge < -0.3 is 10.2 Å². The molecule has 1 aromatic carbocycles. The van der Waals surface area contributed by atoms with Crippen LogP contribution in [0.4, 0.5) is 0 Å². The van der Waals surface area contributed by atoms with Crippen LogP contribution < -0.4 is 0 Å². The quantitative estimate of drug-likeness (QED) is 0.607. The minimum Gasteiger partial charge on any atom is -0.508 e. The molecule has 0 radical (unpaired) electrons. The normalized spacial score (nSPS) is 18.5. The molecule has 1 rings (SSSR count). The molecule has 0 aliphatic carbocycles. The third kappa shape index (κ3) is 0.904. The second-order valence-electron chi connectivity index (χ2n) is 1.16. The van der Waals surface area contributed by atoms with Gasteiger partial charge in [0.25, 0.3) is 2.86 Å². The number of benzene rings is 1. The van der Waals surface area contributed by atoms with E-state index in [-0.39, 0.29) is 0 Å². The van der Waals surface area contributed by atoms with Gasteiger partial charge in [-0.15, -0.1) is 0 Å². The van der Waals surface area contributed by atoms with Gasteiger partial charge in [-0.2, -0.15) is 0 Å². The summed E-state index contributed by atoms with van der Waals surface area (Å²) in [6, 6.07) is -2.14. The Morgan fingerprint density at radius 2 is 2.00 bits per heavy atom. The van der Waals surface area contributed by atoms with Gasteiger partial charge in [-0.05, 0) is 12.1 Å². The maximum atomic E-state index is 7.31. The Bertz CT molecular complexity index is 335. The predicted octanol–water partition coefficient (Wildman–Crippen LogP) is 1.10. The van der Waals surface area contributed by atoms with Crippen molar-refractivity contribution in [2.75, 3.05) is 0 Å². The zero-order chi connectivity index (χ0) is 10.9. The van der Waals surface area contributed by atoms with Gasteiger partial charge >= 0.3 is 0 Å². The maximum absolute atomic E-state index is 7.31. The standard InChI is InChI=1S/C6H6O2/c7-5-2-1-3-6(8)4-5/h1-4,7-8H/i1D,2D,3D,4D/hD2. The van der Waals surface area contributed by atoms with Crippen molar-refractivity contribution in [2.24, 2.45) is 0 Å². The Hall–Kier alpha value is -1.18. The van der Waals surface area contributed by atoms with Crippen LogP contribution in [0.3, 0.4) is 0 Å². The second-order valence-corrected chi connectivity index (χ2v) is 1.16. The molecule has 2 nitrogen and oxygen atoms in total. The first kappa shape index (κ1) is 1.41. The molecule has 0 saturated carbocycles. The van der Waals surface area contributed by atoms with Crippen LogP contribution in [0.15, 0.2) is 24.2 Å². The molecule has 2 heteroatoms. The average Bonchev–Trinajstić information content (AvgIpc) is 2.16. The fourth-order valence-electron chi connectivity index (χ4n) is 0.310. The average molecular weight is 116 g/mol. The summed E-state index contributed by atoms with van der Waals surface area (Å²) in [7, 11) is 0. The molecule has 0 amide bonds. The Morgan fingerprint density at radius 3 is 2.50 bits per heavy atom. The number of phenols is 2. The van der Waals surface area contributed by atoms with Crippen LogP contribution >= 0.6 is 0 Å². The van der Waals surface area contributed by atoms with Crippen LogP contribution in [0.2, 0.25) is 0 Å². The molecule has 0 unspecified atom stereocenters. The second kappa shape index (κ2) is 1.74. The van der Waals surface area contributed by atoms with Crippen LogP contribution in [0.1, 0.15) is 5.48 Å². The fourth-order valence-corrected chi connectivity index (χ4v) is 0.310. The number of phenolic OH excluding ortho intramolecular Hbond substituents is 2. The van der Waals surface area contributed by atoms with E-state index in [4.69, 9.17) is 8.35 Å². The highest BCUT2D eigenvalue weighted by molar-refractivity contribution is 5.30. The molecule has 0 heterocycles. The Kier molecular flexibility index (Phi) is 0.305. The highest BCUT2D eigenvalue weighted by atomic mass is 16.3. The van der Waals surface area contributed by atoms with Crippen molar-refractivity contribution in [1.82, 2.24) is 0 Å². The highest BCUT2D eigenvalue weighted by Crippen LogP contribution is 2.14. The molecule has 0 saturated heterocycles. The number of rotatable bonds is 2. The predicted molar refractivity (Wildman–Crippen MR) is 29.8 cm³/mol. The molecular weight excluding hydrogens is 104 g/mol. The van der Waals surface area contributed by atoms with E-state index in [9.17, 15) is 0 Å². The highest BCUT2D eigenvalue weighted by Gasteiger charge is 1.85. The van der Waals surface area contributed by atoms with Gasteiger partial charge in [-0.1, -0.05) is 6.04 Å². The molecule has 1 aromatic rings. The van der Waals surface area contributed by atoms with E-state index in [0.29, 0.717) is 0 Å². The first-order chi connectivity index (χ1) is 6.54. The Balaban J connectivity index is 3.56. The van der Waals surface area contributed by atoms with Crippen molar-refractivity contribution < 1.29 is 15.7 Å². The summed E-state index contributed by atoms with van der Waals surface area (Å²) in [6.07, 6.45) is 0. The lowest BCUT2D eigenvalue weighted by atomic mass is 10.3. The number of hydrogen-bond acceptors (Lipinski definition) is 2. The molecule has 0 bridgehead atoms. The van der Waals surface area contributed by atoms with Gasteiger partial charge in [0.15, 0.2) is 0 Å². The summed E-state index contributed by atoms with van der Waals surface area (Å²) >= 11 is 0. The molecule has 0 spiro atoms. The molecule has 0 fully saturated rings. The van der Waals surface area contributed by atoms with Gasteiger partial charge in [0.1, 0.15) is 11.5 Å². The molecule has 0 atom stereocenters. The summed E-state index contributed by atoms with van der Waals surface area (Å²) in [5.74, 6) is -0.985. The van der Waals surface area contributed by atoms with Crippen molar-refractivity contribution in [1.29, 1.82) is 2.86 Å². The van der Waals surface area contributed by atoms with Gasteiger partial charge in [0.2, 0.25) is 0 Å². The maximum Gasteiger partial charge on any atom is 0.293 e. The summed E-state index contributed by atoms with van der Waals surface area (Å²) < 4.78 is 42.2. The Labute approximate surface area is 55.6 Å². The van der Waals surface area contributed by atoms with Crippen molar-refractivity contribution >= 4 is 0 Å². The molecule has 42 valence electrons. The van der Waals surface area contributed by atoms with E-state index >= 15 is 0 Å². The van der Waals surface area contributed by atoms with E-state index in [2.05, 4.69) is 10.2 Å². The fraction of sp³-hybridized carbons (Fsp3) is 0. The smallest absolute Gasteiger partial charge is 0.293 e. The first-order valence-corrected chi connectivity index (χ1v) is 1.91. The Morgan fingerprint density at radius 1 is 1.38 bits per heavy atom. The molecule has 2 N–H and O–H groups in total. The molecule has 0 aromatic heterocycles. The zero-order valence-corrected chi connectivity index (χ0v) is 3.82. The molecule has 8 heavy (non-hydrogen) atoms. The summed E-state index contributed by atoms with van der Waals surface area (Å²) in [5, 5.41) is 7.92. The third-order valence-corrected chi connectivity index (χ3v) is 0.579. The van der Waals surface area contributed by atoms with Crippen molar-refractivity contribution in [3.63, 3.8) is 0 Å². The van der Waals surface area contributed by atoms with Gasteiger partial charge in [0, 0.05) is 6.04 Å². The topological polar surface area (TPSA) is 40.5 Å². The number of aromatic hydroxyl groups is 2. The summed E-state index contributed by atoms with van der Waals surface area (Å²) in [6.45, 7) is 0. The molecule has 0 aliphatic rings. The van der Waals surface area contributed by atoms with Crippen LogP contribution in [-0.2, 0) is 0 Å². The van der Waals surface area contributed by atoms with E-state index in [1.54, 1.807) is 0 Å². The van der Waals surface area contributed by atoms with E-state index < -0.39 is 35.7 Å². The summed E-state index contributed by atoms with van der Waals surface area (Å²) in [4.78, 5) is 0. The van der Waals surface area contributed by atoms with Gasteiger partial charge in [-0.25, -0.2) is 0 Å². The van der Waals surface area contributed by atoms with Crippen molar-refractivity contribution in [2.45, 2.75) is 0 Å². The van der Waals surface area contributed by atoms with Gasteiger partial charge in [-0.3, -0.25) is 0 Å². The lowest BCUT2D eigenvalue weighted by Gasteiger charge is -1.89. The van der Waals surface area contributed by atoms with Crippen LogP contribution in [0.25, 0.3) is 0 Å². The van der Waals surface area contributed by atoms with Crippen LogP contribution in [0.5, 0.6) is 11.5 Å². The zero-order valence-electron chi connectivity index (χ0n) is 9.82. The van der Waals surface area contributed by atoms with Crippen molar-refractivity contribution in [3.8, 4) is 11.5 Å². The SMILES string of the molecule is [2H]Oc1c([2H])c([2H])c([2H])c(O[2H])c1[2H].